The van der Waals surface area contributed by atoms with Crippen LogP contribution in [-0.4, -0.2) is 39.6 Å². The van der Waals surface area contributed by atoms with Crippen molar-refractivity contribution in [2.45, 2.75) is 26.3 Å². The van der Waals surface area contributed by atoms with Gasteiger partial charge in [0, 0.05) is 5.56 Å². The minimum Gasteiger partial charge on any atom is -0.292 e. The van der Waals surface area contributed by atoms with E-state index in [4.69, 9.17) is 11.6 Å². The van der Waals surface area contributed by atoms with Crippen molar-refractivity contribution in [3.63, 3.8) is 0 Å². The number of hydrazine groups is 1. The SMILES string of the molecule is Cc1ccc(C(=O)[C@H](C)N(C(=O)c2ccccc2Cl)N2C(=O)[C@@H]3[C@H]4C=C[C@@H]([C@@H]5C[C@H]45)[C@@H]3C2=O)cc1. The molecule has 4 aliphatic carbocycles. The highest BCUT2D eigenvalue weighted by Crippen LogP contribution is 2.65. The van der Waals surface area contributed by atoms with E-state index < -0.39 is 35.6 Å². The van der Waals surface area contributed by atoms with Gasteiger partial charge in [-0.2, -0.15) is 5.01 Å². The van der Waals surface area contributed by atoms with E-state index in [1.165, 1.54) is 0 Å². The van der Waals surface area contributed by atoms with Crippen LogP contribution in [0.25, 0.3) is 0 Å². The predicted molar refractivity (Wildman–Crippen MR) is 129 cm³/mol. The molecule has 0 N–H and O–H groups in total. The van der Waals surface area contributed by atoms with E-state index in [-0.39, 0.29) is 28.2 Å². The Morgan fingerprint density at radius 1 is 0.943 bits per heavy atom. The number of rotatable bonds is 5. The summed E-state index contributed by atoms with van der Waals surface area (Å²) in [6, 6.07) is 12.4. The number of ketones is 1. The van der Waals surface area contributed by atoms with Gasteiger partial charge in [-0.25, -0.2) is 5.01 Å². The lowest BCUT2D eigenvalue weighted by atomic mass is 9.63. The highest BCUT2D eigenvalue weighted by Gasteiger charge is 2.68. The number of carbonyl (C=O) groups excluding carboxylic acids is 4. The highest BCUT2D eigenvalue weighted by atomic mass is 35.5. The number of nitrogens with zero attached hydrogens (tertiary/aromatic N) is 2. The summed E-state index contributed by atoms with van der Waals surface area (Å²) >= 11 is 6.33. The number of amides is 3. The standard InChI is InChI=1S/C28H25ClN2O4/c1-14-7-9-16(10-8-14)25(32)15(2)30(26(33)19-5-3-4-6-22(19)29)31-27(34)23-17-11-12-18(21-13-20(17)21)24(23)28(31)35/h3-12,15,17-18,20-21,23-24H,13H2,1-2H3/t15-,17-,18-,20-,21+,23-,24+/m0/s1. The summed E-state index contributed by atoms with van der Waals surface area (Å²) in [6.07, 6.45) is 5.20. The first-order valence-electron chi connectivity index (χ1n) is 12.0. The smallest absolute Gasteiger partial charge is 0.275 e. The number of hydrogen-bond acceptors (Lipinski definition) is 4. The fourth-order valence-corrected chi connectivity index (χ4v) is 6.64. The Labute approximate surface area is 208 Å². The molecule has 7 rings (SSSR count). The normalized spacial score (nSPS) is 30.7. The molecule has 5 aliphatic rings. The molecule has 1 heterocycles. The maximum absolute atomic E-state index is 13.9. The van der Waals surface area contributed by atoms with Crippen molar-refractivity contribution in [3.8, 4) is 0 Å². The number of imide groups is 1. The molecule has 1 saturated heterocycles. The van der Waals surface area contributed by atoms with E-state index in [0.29, 0.717) is 17.4 Å². The van der Waals surface area contributed by atoms with E-state index in [2.05, 4.69) is 12.2 Å². The van der Waals surface area contributed by atoms with Gasteiger partial charge < -0.3 is 0 Å². The van der Waals surface area contributed by atoms with Gasteiger partial charge in [0.2, 0.25) is 0 Å². The average Bonchev–Trinajstić information content (AvgIpc) is 3.64. The van der Waals surface area contributed by atoms with Crippen LogP contribution in [0.1, 0.15) is 39.6 Å². The Kier molecular flexibility index (Phi) is 5.01. The first-order chi connectivity index (χ1) is 16.8. The first kappa shape index (κ1) is 22.2. The number of allylic oxidation sites excluding steroid dienone is 2. The van der Waals surface area contributed by atoms with Crippen molar-refractivity contribution in [1.82, 2.24) is 10.0 Å². The van der Waals surface area contributed by atoms with Crippen LogP contribution in [-0.2, 0) is 9.59 Å². The lowest BCUT2D eigenvalue weighted by Gasteiger charge is -2.37. The zero-order valence-corrected chi connectivity index (χ0v) is 20.2. The topological polar surface area (TPSA) is 74.8 Å². The number of aryl methyl sites for hydroxylation is 1. The van der Waals surface area contributed by atoms with Crippen molar-refractivity contribution in [2.24, 2.45) is 35.5 Å². The molecule has 1 aliphatic heterocycles. The van der Waals surface area contributed by atoms with Crippen molar-refractivity contribution >= 4 is 35.1 Å². The third-order valence-corrected chi connectivity index (χ3v) is 8.58. The molecule has 2 saturated carbocycles. The molecule has 7 heteroatoms. The third kappa shape index (κ3) is 3.23. The molecule has 0 spiro atoms. The molecule has 3 fully saturated rings. The first-order valence-corrected chi connectivity index (χ1v) is 12.4. The van der Waals surface area contributed by atoms with Crippen LogP contribution < -0.4 is 0 Å². The number of carbonyl (C=O) groups is 4. The van der Waals surface area contributed by atoms with Crippen LogP contribution in [0.4, 0.5) is 0 Å². The minimum atomic E-state index is -1.09. The highest BCUT2D eigenvalue weighted by molar-refractivity contribution is 6.34. The zero-order valence-electron chi connectivity index (χ0n) is 19.4. The Morgan fingerprint density at radius 2 is 1.51 bits per heavy atom. The molecule has 2 bridgehead atoms. The molecule has 6 nitrogen and oxygen atoms in total. The molecular weight excluding hydrogens is 464 g/mol. The predicted octanol–water partition coefficient (Wildman–Crippen LogP) is 4.33. The molecule has 2 aromatic carbocycles. The van der Waals surface area contributed by atoms with Gasteiger partial charge in [0.25, 0.3) is 17.7 Å². The average molecular weight is 489 g/mol. The van der Waals surface area contributed by atoms with Gasteiger partial charge in [-0.1, -0.05) is 65.7 Å². The van der Waals surface area contributed by atoms with E-state index in [1.807, 2.05) is 19.1 Å². The Bertz CT molecular complexity index is 1270. The number of hydrogen-bond donors (Lipinski definition) is 0. The fourth-order valence-electron chi connectivity index (χ4n) is 6.42. The lowest BCUT2D eigenvalue weighted by Crippen LogP contribution is -2.56. The molecule has 2 aromatic rings. The molecule has 0 aromatic heterocycles. The Hall–Kier alpha value is -3.25. The molecule has 7 atom stereocenters. The Balaban J connectivity index is 1.41. The number of halogens is 1. The van der Waals surface area contributed by atoms with Crippen LogP contribution in [0.5, 0.6) is 0 Å². The molecule has 178 valence electrons. The third-order valence-electron chi connectivity index (χ3n) is 8.25. The van der Waals surface area contributed by atoms with Gasteiger partial charge in [0.1, 0.15) is 6.04 Å². The Morgan fingerprint density at radius 3 is 2.09 bits per heavy atom. The summed E-state index contributed by atoms with van der Waals surface area (Å²) in [5, 5.41) is 2.21. The summed E-state index contributed by atoms with van der Waals surface area (Å²) < 4.78 is 0. The maximum Gasteiger partial charge on any atom is 0.275 e. The van der Waals surface area contributed by atoms with Gasteiger partial charge in [-0.15, -0.1) is 0 Å². The molecule has 35 heavy (non-hydrogen) atoms. The molecule has 0 unspecified atom stereocenters. The van der Waals surface area contributed by atoms with Crippen LogP contribution >= 0.6 is 11.6 Å². The number of benzene rings is 2. The van der Waals surface area contributed by atoms with Crippen LogP contribution in [0, 0.1) is 42.4 Å². The van der Waals surface area contributed by atoms with Gasteiger partial charge in [0.15, 0.2) is 5.78 Å². The summed E-state index contributed by atoms with van der Waals surface area (Å²) in [5.74, 6) is -1.87. The van der Waals surface area contributed by atoms with Gasteiger partial charge in [-0.3, -0.25) is 19.2 Å². The van der Waals surface area contributed by atoms with Crippen molar-refractivity contribution in [1.29, 1.82) is 0 Å². The van der Waals surface area contributed by atoms with Crippen LogP contribution in [0.3, 0.4) is 0 Å². The quantitative estimate of drug-likeness (QED) is 0.356. The molecular formula is C28H25ClN2O4. The molecule has 0 radical (unpaired) electrons. The summed E-state index contributed by atoms with van der Waals surface area (Å²) in [5.41, 5.74) is 1.53. The largest absolute Gasteiger partial charge is 0.292 e. The van der Waals surface area contributed by atoms with E-state index in [1.54, 1.807) is 43.3 Å². The second-order valence-electron chi connectivity index (χ2n) is 10.2. The van der Waals surface area contributed by atoms with Crippen LogP contribution in [0.2, 0.25) is 5.02 Å². The molecule has 3 amide bonds. The fraction of sp³-hybridized carbons (Fsp3) is 0.357. The summed E-state index contributed by atoms with van der Waals surface area (Å²) in [4.78, 5) is 55.0. The van der Waals surface area contributed by atoms with Gasteiger partial charge >= 0.3 is 0 Å². The van der Waals surface area contributed by atoms with Crippen molar-refractivity contribution in [2.75, 3.05) is 0 Å². The minimum absolute atomic E-state index is 0.0109. The van der Waals surface area contributed by atoms with E-state index in [0.717, 1.165) is 22.0 Å². The number of Topliss-reactive ketones (excluding diaryl/α,β-unsaturated/α-hetero) is 1. The zero-order chi connectivity index (χ0) is 24.6. The van der Waals surface area contributed by atoms with Crippen molar-refractivity contribution in [3.05, 3.63) is 82.4 Å². The van der Waals surface area contributed by atoms with Crippen LogP contribution in [0.15, 0.2) is 60.7 Å². The maximum atomic E-state index is 13.9. The van der Waals surface area contributed by atoms with Crippen molar-refractivity contribution < 1.29 is 19.2 Å². The monoisotopic (exact) mass is 488 g/mol. The second kappa shape index (κ2) is 7.89. The summed E-state index contributed by atoms with van der Waals surface area (Å²) in [6.45, 7) is 3.48. The lowest BCUT2D eigenvalue weighted by molar-refractivity contribution is -0.156. The van der Waals surface area contributed by atoms with E-state index in [9.17, 15) is 19.2 Å². The second-order valence-corrected chi connectivity index (χ2v) is 10.6. The van der Waals surface area contributed by atoms with E-state index >= 15 is 0 Å². The summed E-state index contributed by atoms with van der Waals surface area (Å²) in [7, 11) is 0. The van der Waals surface area contributed by atoms with Gasteiger partial charge in [0.05, 0.1) is 22.4 Å². The van der Waals surface area contributed by atoms with Gasteiger partial charge in [-0.05, 0) is 56.1 Å².